The van der Waals surface area contributed by atoms with Crippen LogP contribution in [-0.4, -0.2) is 34.2 Å². The molecule has 1 N–H and O–H groups in total. The Morgan fingerprint density at radius 1 is 1.44 bits per heavy atom. The van der Waals surface area contributed by atoms with E-state index in [1.807, 2.05) is 31.0 Å². The summed E-state index contributed by atoms with van der Waals surface area (Å²) in [4.78, 5) is 7.20. The monoisotopic (exact) mass is 393 g/mol. The van der Waals surface area contributed by atoms with Crippen LogP contribution in [0.5, 0.6) is 0 Å². The number of hydrogen-bond acceptors (Lipinski definition) is 3. The van der Waals surface area contributed by atoms with Crippen molar-refractivity contribution in [2.24, 2.45) is 12.0 Å². The molecule has 138 valence electrons. The molecule has 0 bridgehead atoms. The van der Waals surface area contributed by atoms with Crippen molar-refractivity contribution in [1.82, 2.24) is 20.0 Å². The van der Waals surface area contributed by atoms with Crippen LogP contribution < -0.4 is 5.32 Å². The Morgan fingerprint density at radius 3 is 2.72 bits per heavy atom. The second kappa shape index (κ2) is 8.09. The molecule has 0 atom stereocenters. The zero-order chi connectivity index (χ0) is 18.6. The van der Waals surface area contributed by atoms with Gasteiger partial charge < -0.3 is 10.2 Å². The molecule has 2 aromatic heterocycles. The van der Waals surface area contributed by atoms with E-state index in [2.05, 4.69) is 15.4 Å². The highest BCUT2D eigenvalue weighted by Gasteiger charge is 2.36. The van der Waals surface area contributed by atoms with Gasteiger partial charge in [0.2, 0.25) is 0 Å². The quantitative estimate of drug-likeness (QED) is 0.621. The molecule has 2 heterocycles. The third kappa shape index (κ3) is 5.37. The van der Waals surface area contributed by atoms with Crippen LogP contribution in [0.4, 0.5) is 13.2 Å². The minimum atomic E-state index is -4.50. The SMILES string of the molecule is CCNC(=NCc1cn(C)nc1C(F)(F)F)N(C)Cc1ccc(Cl)s1. The molecule has 0 saturated carbocycles. The summed E-state index contributed by atoms with van der Waals surface area (Å²) in [6.07, 6.45) is -3.15. The van der Waals surface area contributed by atoms with E-state index in [9.17, 15) is 13.2 Å². The van der Waals surface area contributed by atoms with Crippen LogP contribution in [0, 0.1) is 0 Å². The van der Waals surface area contributed by atoms with Gasteiger partial charge in [-0.05, 0) is 19.1 Å². The predicted octanol–water partition coefficient (Wildman–Crippen LogP) is 3.75. The van der Waals surface area contributed by atoms with Gasteiger partial charge in [-0.1, -0.05) is 11.6 Å². The molecule has 10 heteroatoms. The summed E-state index contributed by atoms with van der Waals surface area (Å²) in [5, 5.41) is 6.58. The Balaban J connectivity index is 2.17. The molecule has 0 radical (unpaired) electrons. The first-order chi connectivity index (χ1) is 11.7. The second-order valence-electron chi connectivity index (χ2n) is 5.41. The molecule has 0 spiro atoms. The first-order valence-corrected chi connectivity index (χ1v) is 8.73. The highest BCUT2D eigenvalue weighted by atomic mass is 35.5. The molecule has 0 unspecified atom stereocenters. The first kappa shape index (κ1) is 19.6. The number of thiophene rings is 1. The molecule has 2 rings (SSSR count). The first-order valence-electron chi connectivity index (χ1n) is 7.54. The Hall–Kier alpha value is -1.74. The summed E-state index contributed by atoms with van der Waals surface area (Å²) in [5.41, 5.74) is -0.861. The molecule has 2 aromatic rings. The molecule has 0 fully saturated rings. The van der Waals surface area contributed by atoms with E-state index in [-0.39, 0.29) is 12.1 Å². The summed E-state index contributed by atoms with van der Waals surface area (Å²) in [7, 11) is 3.28. The maximum Gasteiger partial charge on any atom is 0.435 e. The van der Waals surface area contributed by atoms with Gasteiger partial charge in [-0.15, -0.1) is 11.3 Å². The second-order valence-corrected chi connectivity index (χ2v) is 7.21. The van der Waals surface area contributed by atoms with Crippen LogP contribution in [-0.2, 0) is 26.3 Å². The maximum absolute atomic E-state index is 13.0. The number of aliphatic imine (C=N–C) groups is 1. The van der Waals surface area contributed by atoms with Crippen LogP contribution in [0.15, 0.2) is 23.3 Å². The maximum atomic E-state index is 13.0. The fraction of sp³-hybridized carbons (Fsp3) is 0.467. The van der Waals surface area contributed by atoms with E-state index >= 15 is 0 Å². The van der Waals surface area contributed by atoms with E-state index in [1.165, 1.54) is 24.6 Å². The van der Waals surface area contributed by atoms with Gasteiger partial charge in [0.25, 0.3) is 0 Å². The number of halogens is 4. The molecule has 25 heavy (non-hydrogen) atoms. The summed E-state index contributed by atoms with van der Waals surface area (Å²) < 4.78 is 40.9. The molecular weight excluding hydrogens is 375 g/mol. The van der Waals surface area contributed by atoms with Crippen LogP contribution in [0.1, 0.15) is 23.1 Å². The highest BCUT2D eigenvalue weighted by Crippen LogP contribution is 2.30. The third-order valence-electron chi connectivity index (χ3n) is 3.29. The molecule has 0 aliphatic heterocycles. The van der Waals surface area contributed by atoms with Crippen molar-refractivity contribution in [2.45, 2.75) is 26.2 Å². The van der Waals surface area contributed by atoms with Crippen molar-refractivity contribution in [3.63, 3.8) is 0 Å². The molecule has 0 saturated heterocycles. The topological polar surface area (TPSA) is 45.5 Å². The van der Waals surface area contributed by atoms with Crippen molar-refractivity contribution in [3.8, 4) is 0 Å². The van der Waals surface area contributed by atoms with Crippen LogP contribution in [0.25, 0.3) is 0 Å². The number of aromatic nitrogens is 2. The molecule has 0 aromatic carbocycles. The number of hydrogen-bond donors (Lipinski definition) is 1. The van der Waals surface area contributed by atoms with Gasteiger partial charge in [0, 0.05) is 37.3 Å². The smallest absolute Gasteiger partial charge is 0.357 e. The van der Waals surface area contributed by atoms with Crippen molar-refractivity contribution in [3.05, 3.63) is 38.8 Å². The number of nitrogens with zero attached hydrogens (tertiary/aromatic N) is 4. The van der Waals surface area contributed by atoms with Gasteiger partial charge in [-0.25, -0.2) is 4.99 Å². The van der Waals surface area contributed by atoms with Crippen LogP contribution >= 0.6 is 22.9 Å². The number of guanidine groups is 1. The number of rotatable bonds is 5. The van der Waals surface area contributed by atoms with E-state index in [0.29, 0.717) is 23.4 Å². The minimum Gasteiger partial charge on any atom is -0.357 e. The molecule has 0 amide bonds. The third-order valence-corrected chi connectivity index (χ3v) is 4.51. The van der Waals surface area contributed by atoms with E-state index < -0.39 is 11.9 Å². The Labute approximate surface area is 153 Å². The zero-order valence-electron chi connectivity index (χ0n) is 14.1. The van der Waals surface area contributed by atoms with E-state index in [0.717, 1.165) is 9.56 Å². The lowest BCUT2D eigenvalue weighted by molar-refractivity contribution is -0.142. The van der Waals surface area contributed by atoms with Crippen molar-refractivity contribution < 1.29 is 13.2 Å². The van der Waals surface area contributed by atoms with Gasteiger partial charge in [0.15, 0.2) is 11.7 Å². The normalized spacial score (nSPS) is 12.5. The average molecular weight is 394 g/mol. The van der Waals surface area contributed by atoms with Gasteiger partial charge >= 0.3 is 6.18 Å². The summed E-state index contributed by atoms with van der Waals surface area (Å²) >= 11 is 7.38. The summed E-state index contributed by atoms with van der Waals surface area (Å²) in [6.45, 7) is 2.95. The number of aryl methyl sites for hydroxylation is 1. The highest BCUT2D eigenvalue weighted by molar-refractivity contribution is 7.16. The lowest BCUT2D eigenvalue weighted by Crippen LogP contribution is -2.38. The molecule has 5 nitrogen and oxygen atoms in total. The molecular formula is C15H19ClF3N5S. The Morgan fingerprint density at radius 2 is 2.16 bits per heavy atom. The minimum absolute atomic E-state index is 0.0398. The average Bonchev–Trinajstić information content (AvgIpc) is 3.08. The zero-order valence-corrected chi connectivity index (χ0v) is 15.6. The van der Waals surface area contributed by atoms with Gasteiger partial charge in [0.05, 0.1) is 17.4 Å². The summed E-state index contributed by atoms with van der Waals surface area (Å²) in [6, 6.07) is 3.72. The lowest BCUT2D eigenvalue weighted by atomic mass is 10.2. The van der Waals surface area contributed by atoms with Gasteiger partial charge in [0.1, 0.15) is 0 Å². The van der Waals surface area contributed by atoms with Crippen molar-refractivity contribution in [1.29, 1.82) is 0 Å². The fourth-order valence-electron chi connectivity index (χ4n) is 2.27. The predicted molar refractivity (Wildman–Crippen MR) is 93.8 cm³/mol. The largest absolute Gasteiger partial charge is 0.435 e. The lowest BCUT2D eigenvalue weighted by Gasteiger charge is -2.21. The van der Waals surface area contributed by atoms with E-state index in [1.54, 1.807) is 0 Å². The van der Waals surface area contributed by atoms with Crippen molar-refractivity contribution >= 4 is 28.9 Å². The fourth-order valence-corrected chi connectivity index (χ4v) is 3.41. The van der Waals surface area contributed by atoms with Gasteiger partial charge in [-0.3, -0.25) is 4.68 Å². The molecule has 0 aliphatic carbocycles. The standard InChI is InChI=1S/C15H19ClF3N5S/c1-4-20-14(23(2)9-11-5-6-12(16)25-11)21-7-10-8-24(3)22-13(10)15(17,18)19/h5-6,8H,4,7,9H2,1-3H3,(H,20,21). The van der Waals surface area contributed by atoms with Gasteiger partial charge in [-0.2, -0.15) is 18.3 Å². The number of nitrogens with one attached hydrogen (secondary N) is 1. The van der Waals surface area contributed by atoms with Crippen LogP contribution in [0.2, 0.25) is 4.34 Å². The van der Waals surface area contributed by atoms with Crippen LogP contribution in [0.3, 0.4) is 0 Å². The Bertz CT molecular complexity index is 738. The molecule has 0 aliphatic rings. The van der Waals surface area contributed by atoms with Crippen molar-refractivity contribution in [2.75, 3.05) is 13.6 Å². The number of alkyl halides is 3. The Kier molecular flexibility index (Phi) is 6.34. The van der Waals surface area contributed by atoms with E-state index in [4.69, 9.17) is 11.6 Å². The summed E-state index contributed by atoms with van der Waals surface area (Å²) in [5.74, 6) is 0.518.